The minimum absolute atomic E-state index is 0.0138. The smallest absolute Gasteiger partial charge is 0.259 e. The number of hydrogen-bond donors (Lipinski definition) is 2. The number of nitrogens with one attached hydrogen (secondary N) is 2. The molecule has 2 heterocycles. The van der Waals surface area contributed by atoms with Crippen molar-refractivity contribution in [2.45, 2.75) is 46.2 Å². The van der Waals surface area contributed by atoms with Crippen LogP contribution in [-0.4, -0.2) is 34.0 Å². The van der Waals surface area contributed by atoms with Crippen LogP contribution in [0.15, 0.2) is 34.9 Å². The molecule has 7 nitrogen and oxygen atoms in total. The largest absolute Gasteiger partial charge is 0.352 e. The fourth-order valence-corrected chi connectivity index (χ4v) is 2.85. The Morgan fingerprint density at radius 2 is 1.86 bits per heavy atom. The standard InChI is InChI=1S/C21H23FN4O3/c1-5-11(2)23-19(27)13(4)24-20(28)16-10-17(14-6-8-15(22)9-7-14)25-21-18(16)12(3)26-29-21/h6-11,13H,5H2,1-4H3,(H,23,27)(H,24,28). The Balaban J connectivity index is 1.94. The van der Waals surface area contributed by atoms with Crippen molar-refractivity contribution in [3.05, 3.63) is 47.4 Å². The summed E-state index contributed by atoms with van der Waals surface area (Å²) in [4.78, 5) is 29.6. The van der Waals surface area contributed by atoms with Gasteiger partial charge in [0, 0.05) is 11.6 Å². The zero-order valence-electron chi connectivity index (χ0n) is 16.7. The average Bonchev–Trinajstić information content (AvgIpc) is 3.08. The summed E-state index contributed by atoms with van der Waals surface area (Å²) in [6.07, 6.45) is 0.790. The zero-order chi connectivity index (χ0) is 21.1. The lowest BCUT2D eigenvalue weighted by Crippen LogP contribution is -2.47. The molecule has 1 aromatic carbocycles. The molecule has 2 aromatic heterocycles. The van der Waals surface area contributed by atoms with Gasteiger partial charge in [-0.2, -0.15) is 0 Å². The van der Waals surface area contributed by atoms with Gasteiger partial charge in [-0.1, -0.05) is 12.1 Å². The molecule has 2 atom stereocenters. The highest BCUT2D eigenvalue weighted by Crippen LogP contribution is 2.27. The molecular formula is C21H23FN4O3. The van der Waals surface area contributed by atoms with E-state index in [0.717, 1.165) is 6.42 Å². The second-order valence-corrected chi connectivity index (χ2v) is 7.02. The second kappa shape index (κ2) is 8.38. The van der Waals surface area contributed by atoms with Gasteiger partial charge in [0.05, 0.1) is 22.3 Å². The Labute approximate surface area is 167 Å². The number of fused-ring (bicyclic) bond motifs is 1. The highest BCUT2D eigenvalue weighted by Gasteiger charge is 2.23. The lowest BCUT2D eigenvalue weighted by molar-refractivity contribution is -0.123. The van der Waals surface area contributed by atoms with E-state index in [1.807, 2.05) is 13.8 Å². The first kappa shape index (κ1) is 20.4. The van der Waals surface area contributed by atoms with Gasteiger partial charge in [-0.15, -0.1) is 0 Å². The van der Waals surface area contributed by atoms with Crippen LogP contribution in [0, 0.1) is 12.7 Å². The van der Waals surface area contributed by atoms with Crippen LogP contribution in [0.3, 0.4) is 0 Å². The molecule has 3 rings (SSSR count). The van der Waals surface area contributed by atoms with Crippen molar-refractivity contribution in [1.82, 2.24) is 20.8 Å². The molecule has 0 fully saturated rings. The fraction of sp³-hybridized carbons (Fsp3) is 0.333. The van der Waals surface area contributed by atoms with E-state index in [1.54, 1.807) is 32.0 Å². The van der Waals surface area contributed by atoms with Crippen LogP contribution < -0.4 is 10.6 Å². The molecular weight excluding hydrogens is 375 g/mol. The maximum Gasteiger partial charge on any atom is 0.259 e. The average molecular weight is 398 g/mol. The highest BCUT2D eigenvalue weighted by molar-refractivity contribution is 6.08. The van der Waals surface area contributed by atoms with Crippen molar-refractivity contribution in [1.29, 1.82) is 0 Å². The molecule has 8 heteroatoms. The lowest BCUT2D eigenvalue weighted by atomic mass is 10.0. The molecule has 0 aliphatic rings. The maximum absolute atomic E-state index is 13.3. The Bertz CT molecular complexity index is 1050. The first-order valence-corrected chi connectivity index (χ1v) is 9.44. The molecule has 0 spiro atoms. The molecule has 152 valence electrons. The fourth-order valence-electron chi connectivity index (χ4n) is 2.85. The third kappa shape index (κ3) is 4.42. The van der Waals surface area contributed by atoms with E-state index in [4.69, 9.17) is 4.52 Å². The summed E-state index contributed by atoms with van der Waals surface area (Å²) in [6.45, 7) is 7.19. The molecule has 0 aliphatic heterocycles. The van der Waals surface area contributed by atoms with Gasteiger partial charge in [0.1, 0.15) is 11.9 Å². The van der Waals surface area contributed by atoms with Crippen LogP contribution >= 0.6 is 0 Å². The van der Waals surface area contributed by atoms with Crippen LogP contribution in [0.5, 0.6) is 0 Å². The summed E-state index contributed by atoms with van der Waals surface area (Å²) < 4.78 is 18.5. The number of carbonyl (C=O) groups excluding carboxylic acids is 2. The predicted octanol–water partition coefficient (Wildman–Crippen LogP) is 3.37. The van der Waals surface area contributed by atoms with Crippen molar-refractivity contribution in [3.63, 3.8) is 0 Å². The second-order valence-electron chi connectivity index (χ2n) is 7.02. The first-order valence-electron chi connectivity index (χ1n) is 9.44. The summed E-state index contributed by atoms with van der Waals surface area (Å²) in [5.41, 5.74) is 2.07. The molecule has 2 unspecified atom stereocenters. The van der Waals surface area contributed by atoms with Gasteiger partial charge >= 0.3 is 0 Å². The minimum atomic E-state index is -0.728. The molecule has 2 amide bonds. The highest BCUT2D eigenvalue weighted by atomic mass is 19.1. The van der Waals surface area contributed by atoms with Gasteiger partial charge in [-0.25, -0.2) is 9.37 Å². The van der Waals surface area contributed by atoms with Crippen molar-refractivity contribution < 1.29 is 18.5 Å². The molecule has 0 bridgehead atoms. The number of benzene rings is 1. The minimum Gasteiger partial charge on any atom is -0.352 e. The summed E-state index contributed by atoms with van der Waals surface area (Å²) in [7, 11) is 0. The topological polar surface area (TPSA) is 97.1 Å². The van der Waals surface area contributed by atoms with Crippen molar-refractivity contribution in [2.75, 3.05) is 0 Å². The van der Waals surface area contributed by atoms with Crippen LogP contribution in [0.25, 0.3) is 22.4 Å². The van der Waals surface area contributed by atoms with Gasteiger partial charge in [-0.05, 0) is 57.5 Å². The van der Waals surface area contributed by atoms with E-state index in [0.29, 0.717) is 22.3 Å². The molecule has 29 heavy (non-hydrogen) atoms. The van der Waals surface area contributed by atoms with Crippen LogP contribution in [0.2, 0.25) is 0 Å². The van der Waals surface area contributed by atoms with E-state index in [9.17, 15) is 14.0 Å². The first-order chi connectivity index (χ1) is 13.8. The number of carbonyl (C=O) groups is 2. The molecule has 0 radical (unpaired) electrons. The number of amides is 2. The van der Waals surface area contributed by atoms with Crippen LogP contribution in [-0.2, 0) is 4.79 Å². The van der Waals surface area contributed by atoms with Gasteiger partial charge in [0.25, 0.3) is 11.6 Å². The molecule has 0 aliphatic carbocycles. The third-order valence-corrected chi connectivity index (χ3v) is 4.74. The van der Waals surface area contributed by atoms with Crippen LogP contribution in [0.1, 0.15) is 43.2 Å². The van der Waals surface area contributed by atoms with Gasteiger partial charge in [-0.3, -0.25) is 9.59 Å². The predicted molar refractivity (Wildman–Crippen MR) is 107 cm³/mol. The summed E-state index contributed by atoms with van der Waals surface area (Å²) in [6, 6.07) is 6.64. The van der Waals surface area contributed by atoms with Crippen LogP contribution in [0.4, 0.5) is 4.39 Å². The Morgan fingerprint density at radius 1 is 1.17 bits per heavy atom. The SMILES string of the molecule is CCC(C)NC(=O)C(C)NC(=O)c1cc(-c2ccc(F)cc2)nc2onc(C)c12. The number of halogens is 1. The quantitative estimate of drug-likeness (QED) is 0.664. The van der Waals surface area contributed by atoms with Crippen molar-refractivity contribution in [3.8, 4) is 11.3 Å². The van der Waals surface area contributed by atoms with Gasteiger partial charge in [0.2, 0.25) is 5.91 Å². The normalized spacial score (nSPS) is 13.1. The monoisotopic (exact) mass is 398 g/mol. The summed E-state index contributed by atoms with van der Waals surface area (Å²) in [5.74, 6) is -1.08. The number of nitrogens with zero attached hydrogens (tertiary/aromatic N) is 2. The van der Waals surface area contributed by atoms with E-state index in [1.165, 1.54) is 12.1 Å². The summed E-state index contributed by atoms with van der Waals surface area (Å²) >= 11 is 0. The molecule has 0 saturated carbocycles. The zero-order valence-corrected chi connectivity index (χ0v) is 16.7. The molecule has 3 aromatic rings. The Morgan fingerprint density at radius 3 is 2.52 bits per heavy atom. The third-order valence-electron chi connectivity index (χ3n) is 4.74. The summed E-state index contributed by atoms with van der Waals surface area (Å²) in [5, 5.41) is 9.92. The number of aromatic nitrogens is 2. The van der Waals surface area contributed by atoms with Crippen molar-refractivity contribution >= 4 is 22.9 Å². The maximum atomic E-state index is 13.3. The van der Waals surface area contributed by atoms with Gasteiger partial charge < -0.3 is 15.2 Å². The van der Waals surface area contributed by atoms with E-state index in [2.05, 4.69) is 20.8 Å². The number of hydrogen-bond acceptors (Lipinski definition) is 5. The van der Waals surface area contributed by atoms with Gasteiger partial charge in [0.15, 0.2) is 0 Å². The Hall–Kier alpha value is -3.29. The molecule has 2 N–H and O–H groups in total. The number of rotatable bonds is 6. The lowest BCUT2D eigenvalue weighted by Gasteiger charge is -2.17. The van der Waals surface area contributed by atoms with E-state index in [-0.39, 0.29) is 29.0 Å². The van der Waals surface area contributed by atoms with E-state index >= 15 is 0 Å². The Kier molecular flexibility index (Phi) is 5.91. The molecule has 0 saturated heterocycles. The van der Waals surface area contributed by atoms with Crippen molar-refractivity contribution in [2.24, 2.45) is 0 Å². The number of pyridine rings is 1. The number of aryl methyl sites for hydroxylation is 1. The van der Waals surface area contributed by atoms with E-state index < -0.39 is 11.9 Å².